The summed E-state index contributed by atoms with van der Waals surface area (Å²) in [7, 11) is -3.21. The molecule has 2 aromatic carbocycles. The van der Waals surface area contributed by atoms with Crippen LogP contribution in [-0.4, -0.2) is 37.3 Å². The van der Waals surface area contributed by atoms with Crippen molar-refractivity contribution in [3.63, 3.8) is 0 Å². The van der Waals surface area contributed by atoms with E-state index < -0.39 is 9.84 Å². The fourth-order valence-corrected chi connectivity index (χ4v) is 3.35. The fraction of sp³-hybridized carbons (Fsp3) is 0.250. The first kappa shape index (κ1) is 21.2. The van der Waals surface area contributed by atoms with Crippen molar-refractivity contribution in [1.29, 1.82) is 0 Å². The smallest absolute Gasteiger partial charge is 0.175 e. The maximum atomic E-state index is 11.5. The van der Waals surface area contributed by atoms with Gasteiger partial charge in [0.05, 0.1) is 10.6 Å². The Morgan fingerprint density at radius 1 is 1.00 bits per heavy atom. The summed E-state index contributed by atoms with van der Waals surface area (Å²) in [6, 6.07) is 16.3. The lowest BCUT2D eigenvalue weighted by molar-refractivity contribution is 0.602. The lowest BCUT2D eigenvalue weighted by Crippen LogP contribution is -2.09. The first-order valence-corrected chi connectivity index (χ1v) is 10.9. The second-order valence-corrected chi connectivity index (χ2v) is 8.22. The Morgan fingerprint density at radius 3 is 2.07 bits per heavy atom. The van der Waals surface area contributed by atoms with E-state index in [1.807, 2.05) is 34.9 Å². The molecule has 3 aromatic rings. The highest BCUT2D eigenvalue weighted by Gasteiger charge is 2.13. The minimum Gasteiger partial charge on any atom is -0.317 e. The van der Waals surface area contributed by atoms with Crippen molar-refractivity contribution < 1.29 is 8.42 Å². The third-order valence-corrected chi connectivity index (χ3v) is 5.22. The molecule has 1 aromatic heterocycles. The van der Waals surface area contributed by atoms with E-state index in [2.05, 4.69) is 24.1 Å². The molecular weight excluding hydrogens is 382 g/mol. The van der Waals surface area contributed by atoms with Crippen LogP contribution in [0.2, 0.25) is 5.15 Å². The molecule has 0 spiro atoms. The number of benzene rings is 2. The molecule has 0 unspecified atom stereocenters. The van der Waals surface area contributed by atoms with Crippen molar-refractivity contribution in [2.45, 2.75) is 18.7 Å². The number of hydrogen-bond acceptors (Lipinski definition) is 4. The van der Waals surface area contributed by atoms with Crippen LogP contribution in [0, 0.1) is 0 Å². The molecule has 0 bridgehead atoms. The van der Waals surface area contributed by atoms with Gasteiger partial charge in [0, 0.05) is 17.5 Å². The largest absolute Gasteiger partial charge is 0.317 e. The number of nitrogens with zero attached hydrogens (tertiary/aromatic N) is 2. The van der Waals surface area contributed by atoms with Gasteiger partial charge in [0.2, 0.25) is 0 Å². The number of aromatic nitrogens is 2. The van der Waals surface area contributed by atoms with E-state index in [-0.39, 0.29) is 4.90 Å². The molecule has 0 aliphatic heterocycles. The third-order valence-electron chi connectivity index (χ3n) is 3.81. The highest BCUT2D eigenvalue weighted by Crippen LogP contribution is 2.29. The summed E-state index contributed by atoms with van der Waals surface area (Å²) < 4.78 is 24.9. The number of sulfone groups is 1. The molecular formula is C20H24ClN3O2S. The normalized spacial score (nSPS) is 11.0. The molecule has 0 aliphatic carbocycles. The number of halogens is 1. The van der Waals surface area contributed by atoms with Gasteiger partial charge in [-0.3, -0.25) is 4.57 Å². The van der Waals surface area contributed by atoms with Gasteiger partial charge < -0.3 is 5.32 Å². The van der Waals surface area contributed by atoms with E-state index in [0.29, 0.717) is 5.15 Å². The van der Waals surface area contributed by atoms with E-state index in [1.54, 1.807) is 30.6 Å². The molecule has 3 rings (SSSR count). The number of hydrogen-bond donors (Lipinski definition) is 1. The SMILES string of the molecule is CCNCC.CS(=O)(=O)c1ccc(-n2cnc(Cl)c2-c2ccccc2)cc1. The first-order chi connectivity index (χ1) is 12.9. The summed E-state index contributed by atoms with van der Waals surface area (Å²) in [6.45, 7) is 6.39. The van der Waals surface area contributed by atoms with E-state index in [0.717, 1.165) is 30.0 Å². The van der Waals surface area contributed by atoms with Crippen LogP contribution in [0.5, 0.6) is 0 Å². The summed E-state index contributed by atoms with van der Waals surface area (Å²) in [6.07, 6.45) is 2.81. The zero-order valence-electron chi connectivity index (χ0n) is 15.7. The molecule has 1 N–H and O–H groups in total. The minimum absolute atomic E-state index is 0.281. The zero-order valence-corrected chi connectivity index (χ0v) is 17.3. The van der Waals surface area contributed by atoms with Crippen LogP contribution in [-0.2, 0) is 9.84 Å². The predicted molar refractivity (Wildman–Crippen MR) is 111 cm³/mol. The van der Waals surface area contributed by atoms with Crippen LogP contribution >= 0.6 is 11.6 Å². The average molecular weight is 406 g/mol. The van der Waals surface area contributed by atoms with Crippen LogP contribution in [0.25, 0.3) is 16.9 Å². The van der Waals surface area contributed by atoms with E-state index in [9.17, 15) is 8.42 Å². The van der Waals surface area contributed by atoms with Crippen LogP contribution in [0.3, 0.4) is 0 Å². The molecule has 5 nitrogen and oxygen atoms in total. The van der Waals surface area contributed by atoms with Gasteiger partial charge in [-0.25, -0.2) is 13.4 Å². The average Bonchev–Trinajstić information content (AvgIpc) is 3.04. The Labute approximate surface area is 165 Å². The summed E-state index contributed by atoms with van der Waals surface area (Å²) in [5, 5.41) is 3.51. The first-order valence-electron chi connectivity index (χ1n) is 8.68. The van der Waals surface area contributed by atoms with E-state index in [1.165, 1.54) is 6.26 Å². The fourth-order valence-electron chi connectivity index (χ4n) is 2.48. The number of imidazole rings is 1. The van der Waals surface area contributed by atoms with Crippen molar-refractivity contribution >= 4 is 21.4 Å². The van der Waals surface area contributed by atoms with Crippen molar-refractivity contribution in [3.8, 4) is 16.9 Å². The highest BCUT2D eigenvalue weighted by molar-refractivity contribution is 7.90. The Bertz CT molecular complexity index is 951. The summed E-state index contributed by atoms with van der Waals surface area (Å²) >= 11 is 6.21. The van der Waals surface area contributed by atoms with E-state index in [4.69, 9.17) is 11.6 Å². The molecule has 0 amide bonds. The zero-order chi connectivity index (χ0) is 19.9. The van der Waals surface area contributed by atoms with Gasteiger partial charge in [-0.05, 0) is 37.4 Å². The molecule has 0 saturated heterocycles. The van der Waals surface area contributed by atoms with Gasteiger partial charge in [0.15, 0.2) is 15.0 Å². The molecule has 0 fully saturated rings. The van der Waals surface area contributed by atoms with Gasteiger partial charge in [0.1, 0.15) is 6.33 Å². The van der Waals surface area contributed by atoms with Crippen LogP contribution < -0.4 is 5.32 Å². The quantitative estimate of drug-likeness (QED) is 0.690. The molecule has 7 heteroatoms. The predicted octanol–water partition coefficient (Wildman–Crippen LogP) is 4.21. The molecule has 1 heterocycles. The monoisotopic (exact) mass is 405 g/mol. The molecule has 0 saturated carbocycles. The Balaban J connectivity index is 0.000000465. The summed E-state index contributed by atoms with van der Waals surface area (Å²) in [5.74, 6) is 0. The molecule has 0 atom stereocenters. The highest BCUT2D eigenvalue weighted by atomic mass is 35.5. The van der Waals surface area contributed by atoms with Crippen molar-refractivity contribution in [1.82, 2.24) is 14.9 Å². The molecule has 144 valence electrons. The molecule has 0 aliphatic rings. The van der Waals surface area contributed by atoms with E-state index >= 15 is 0 Å². The van der Waals surface area contributed by atoms with Crippen molar-refractivity contribution in [2.24, 2.45) is 0 Å². The van der Waals surface area contributed by atoms with Gasteiger partial charge in [-0.2, -0.15) is 0 Å². The second kappa shape index (κ2) is 9.69. The summed E-state index contributed by atoms with van der Waals surface area (Å²) in [4.78, 5) is 4.43. The maximum absolute atomic E-state index is 11.5. The maximum Gasteiger partial charge on any atom is 0.175 e. The Morgan fingerprint density at radius 2 is 1.59 bits per heavy atom. The number of rotatable bonds is 5. The van der Waals surface area contributed by atoms with Crippen molar-refractivity contribution in [3.05, 3.63) is 66.1 Å². The lowest BCUT2D eigenvalue weighted by Gasteiger charge is -2.09. The molecule has 0 radical (unpaired) electrons. The standard InChI is InChI=1S/C16H13ClN2O2S.C4H11N/c1-22(20,21)14-9-7-13(8-10-14)19-11-18-16(17)15(19)12-5-3-2-4-6-12;1-3-5-4-2/h2-11H,1H3;5H,3-4H2,1-2H3. The van der Waals surface area contributed by atoms with Gasteiger partial charge in [0.25, 0.3) is 0 Å². The Hall–Kier alpha value is -2.15. The summed E-state index contributed by atoms with van der Waals surface area (Å²) in [5.41, 5.74) is 2.51. The molecule has 27 heavy (non-hydrogen) atoms. The van der Waals surface area contributed by atoms with Crippen LogP contribution in [0.15, 0.2) is 65.8 Å². The minimum atomic E-state index is -3.21. The van der Waals surface area contributed by atoms with Gasteiger partial charge >= 0.3 is 0 Å². The third kappa shape index (κ3) is 5.66. The number of nitrogens with one attached hydrogen (secondary N) is 1. The van der Waals surface area contributed by atoms with Gasteiger partial charge in [-0.1, -0.05) is 55.8 Å². The van der Waals surface area contributed by atoms with Gasteiger partial charge in [-0.15, -0.1) is 0 Å². The lowest BCUT2D eigenvalue weighted by atomic mass is 10.1. The van der Waals surface area contributed by atoms with Crippen molar-refractivity contribution in [2.75, 3.05) is 19.3 Å². The Kier molecular flexibility index (Phi) is 7.59. The van der Waals surface area contributed by atoms with Crippen LogP contribution in [0.4, 0.5) is 0 Å². The van der Waals surface area contributed by atoms with Crippen LogP contribution in [0.1, 0.15) is 13.8 Å². The topological polar surface area (TPSA) is 64.0 Å². The second-order valence-electron chi connectivity index (χ2n) is 5.84.